The normalized spacial score (nSPS) is 12.4. The molecule has 0 saturated carbocycles. The summed E-state index contributed by atoms with van der Waals surface area (Å²) >= 11 is 1.42. The molecule has 0 aliphatic carbocycles. The van der Waals surface area contributed by atoms with Crippen molar-refractivity contribution < 1.29 is 9.50 Å². The van der Waals surface area contributed by atoms with Crippen molar-refractivity contribution in [2.45, 2.75) is 19.6 Å². The van der Waals surface area contributed by atoms with Crippen LogP contribution >= 0.6 is 11.3 Å². The molecule has 3 nitrogen and oxygen atoms in total. The van der Waals surface area contributed by atoms with Crippen LogP contribution in [0.15, 0.2) is 30.5 Å². The molecule has 96 valence electrons. The molecule has 1 aromatic carbocycles. The molecule has 0 aliphatic heterocycles. The molecule has 0 amide bonds. The number of hydrogen-bond acceptors (Lipinski definition) is 4. The van der Waals surface area contributed by atoms with E-state index in [9.17, 15) is 9.50 Å². The fraction of sp³-hybridized carbons (Fsp3) is 0.308. The second-order valence-electron chi connectivity index (χ2n) is 4.17. The average molecular weight is 266 g/mol. The zero-order valence-corrected chi connectivity index (χ0v) is 11.1. The fourth-order valence-electron chi connectivity index (χ4n) is 1.60. The largest absolute Gasteiger partial charge is 0.388 e. The summed E-state index contributed by atoms with van der Waals surface area (Å²) in [7, 11) is 1.86. The zero-order valence-electron chi connectivity index (χ0n) is 10.3. The first-order chi connectivity index (χ1) is 8.58. The number of hydrogen-bond donors (Lipinski definition) is 1. The van der Waals surface area contributed by atoms with Crippen molar-refractivity contribution in [2.24, 2.45) is 0 Å². The lowest BCUT2D eigenvalue weighted by Gasteiger charge is -2.16. The summed E-state index contributed by atoms with van der Waals surface area (Å²) in [6.45, 7) is 2.16. The first kappa shape index (κ1) is 13.0. The summed E-state index contributed by atoms with van der Waals surface area (Å²) in [5.41, 5.74) is 0.633. The van der Waals surface area contributed by atoms with Crippen LogP contribution in [0.2, 0.25) is 0 Å². The first-order valence-electron chi connectivity index (χ1n) is 5.66. The summed E-state index contributed by atoms with van der Waals surface area (Å²) in [6, 6.07) is 6.70. The number of rotatable bonds is 4. The minimum absolute atomic E-state index is 0.211. The van der Waals surface area contributed by atoms with E-state index in [4.69, 9.17) is 0 Å². The Labute approximate surface area is 110 Å². The van der Waals surface area contributed by atoms with Crippen LogP contribution in [0.5, 0.6) is 0 Å². The van der Waals surface area contributed by atoms with Crippen LogP contribution in [0.4, 0.5) is 9.52 Å². The average Bonchev–Trinajstić information content (AvgIpc) is 2.81. The van der Waals surface area contributed by atoms with Crippen molar-refractivity contribution in [3.8, 4) is 0 Å². The van der Waals surface area contributed by atoms with E-state index in [0.29, 0.717) is 12.1 Å². The van der Waals surface area contributed by atoms with E-state index in [2.05, 4.69) is 4.98 Å². The van der Waals surface area contributed by atoms with Crippen LogP contribution in [-0.2, 0) is 6.54 Å². The lowest BCUT2D eigenvalue weighted by atomic mass is 10.2. The standard InChI is InChI=1S/C13H15FN2OS/c1-9(17)12-7-15-13(18-12)16(2)8-10-5-3-4-6-11(10)14/h3-7,9,17H,8H2,1-2H3. The number of aliphatic hydroxyl groups is 1. The minimum atomic E-state index is -0.516. The van der Waals surface area contributed by atoms with Crippen molar-refractivity contribution in [3.05, 3.63) is 46.7 Å². The highest BCUT2D eigenvalue weighted by molar-refractivity contribution is 7.15. The van der Waals surface area contributed by atoms with Gasteiger partial charge in [-0.1, -0.05) is 29.5 Å². The highest BCUT2D eigenvalue weighted by Gasteiger charge is 2.11. The second kappa shape index (κ2) is 5.46. The Morgan fingerprint density at radius 1 is 1.44 bits per heavy atom. The molecule has 0 saturated heterocycles. The smallest absolute Gasteiger partial charge is 0.185 e. The van der Waals surface area contributed by atoms with E-state index in [1.165, 1.54) is 17.4 Å². The Balaban J connectivity index is 2.12. The highest BCUT2D eigenvalue weighted by Crippen LogP contribution is 2.27. The molecule has 2 rings (SSSR count). The van der Waals surface area contributed by atoms with Gasteiger partial charge >= 0.3 is 0 Å². The van der Waals surface area contributed by atoms with Gasteiger partial charge in [-0.05, 0) is 13.0 Å². The van der Waals surface area contributed by atoms with Crippen LogP contribution in [0.1, 0.15) is 23.5 Å². The molecule has 18 heavy (non-hydrogen) atoms. The van der Waals surface area contributed by atoms with Gasteiger partial charge in [0, 0.05) is 25.4 Å². The van der Waals surface area contributed by atoms with Crippen LogP contribution in [0.25, 0.3) is 0 Å². The molecule has 1 N–H and O–H groups in total. The Bertz CT molecular complexity index is 527. The summed E-state index contributed by atoms with van der Waals surface area (Å²) in [4.78, 5) is 6.91. The Morgan fingerprint density at radius 2 is 2.17 bits per heavy atom. The van der Waals surface area contributed by atoms with Crippen LogP contribution in [0.3, 0.4) is 0 Å². The minimum Gasteiger partial charge on any atom is -0.388 e. The SMILES string of the molecule is CC(O)c1cnc(N(C)Cc2ccccc2F)s1. The Hall–Kier alpha value is -1.46. The maximum Gasteiger partial charge on any atom is 0.185 e. The molecule has 0 aliphatic rings. The van der Waals surface area contributed by atoms with E-state index < -0.39 is 6.10 Å². The van der Waals surface area contributed by atoms with Crippen LogP contribution in [0, 0.1) is 5.82 Å². The van der Waals surface area contributed by atoms with Crippen molar-refractivity contribution >= 4 is 16.5 Å². The number of halogens is 1. The molecular formula is C13H15FN2OS. The maximum absolute atomic E-state index is 13.5. The Morgan fingerprint density at radius 3 is 2.78 bits per heavy atom. The van der Waals surface area contributed by atoms with Gasteiger partial charge in [0.05, 0.1) is 11.0 Å². The van der Waals surface area contributed by atoms with Crippen molar-refractivity contribution in [3.63, 3.8) is 0 Å². The monoisotopic (exact) mass is 266 g/mol. The lowest BCUT2D eigenvalue weighted by molar-refractivity contribution is 0.203. The summed E-state index contributed by atoms with van der Waals surface area (Å²) in [6.07, 6.45) is 1.14. The summed E-state index contributed by atoms with van der Waals surface area (Å²) in [5.74, 6) is -0.211. The van der Waals surface area contributed by atoms with E-state index in [0.717, 1.165) is 10.0 Å². The molecule has 1 aromatic heterocycles. The molecule has 0 bridgehead atoms. The van der Waals surface area contributed by atoms with Crippen molar-refractivity contribution in [1.82, 2.24) is 4.98 Å². The number of aromatic nitrogens is 1. The van der Waals surface area contributed by atoms with Gasteiger partial charge in [0.15, 0.2) is 5.13 Å². The second-order valence-corrected chi connectivity index (χ2v) is 5.21. The fourth-order valence-corrected chi connectivity index (χ4v) is 2.41. The number of thiazole rings is 1. The predicted molar refractivity (Wildman–Crippen MR) is 71.3 cm³/mol. The van der Waals surface area contributed by atoms with Gasteiger partial charge in [0.1, 0.15) is 5.82 Å². The van der Waals surface area contributed by atoms with Gasteiger partial charge in [0.2, 0.25) is 0 Å². The molecular weight excluding hydrogens is 251 g/mol. The molecule has 0 radical (unpaired) electrons. The Kier molecular flexibility index (Phi) is 3.93. The van der Waals surface area contributed by atoms with Gasteiger partial charge in [-0.15, -0.1) is 0 Å². The third-order valence-electron chi connectivity index (χ3n) is 2.62. The topological polar surface area (TPSA) is 36.4 Å². The molecule has 2 aromatic rings. The third-order valence-corrected chi connectivity index (χ3v) is 3.90. The van der Waals surface area contributed by atoms with Crippen LogP contribution < -0.4 is 4.90 Å². The quantitative estimate of drug-likeness (QED) is 0.924. The molecule has 0 spiro atoms. The lowest BCUT2D eigenvalue weighted by Crippen LogP contribution is -2.16. The van der Waals surface area contributed by atoms with E-state index in [1.54, 1.807) is 25.3 Å². The highest BCUT2D eigenvalue weighted by atomic mass is 32.1. The van der Waals surface area contributed by atoms with Gasteiger partial charge < -0.3 is 10.0 Å². The molecule has 1 unspecified atom stereocenters. The number of nitrogens with zero attached hydrogens (tertiary/aromatic N) is 2. The predicted octanol–water partition coefficient (Wildman–Crippen LogP) is 2.97. The zero-order chi connectivity index (χ0) is 13.1. The number of aliphatic hydroxyl groups excluding tert-OH is 1. The number of anilines is 1. The molecule has 1 heterocycles. The molecule has 1 atom stereocenters. The van der Waals surface area contributed by atoms with E-state index in [-0.39, 0.29) is 5.82 Å². The summed E-state index contributed by atoms with van der Waals surface area (Å²) in [5, 5.41) is 10.2. The van der Waals surface area contributed by atoms with Gasteiger partial charge in [-0.2, -0.15) is 0 Å². The molecule has 0 fully saturated rings. The van der Waals surface area contributed by atoms with Crippen molar-refractivity contribution in [1.29, 1.82) is 0 Å². The summed E-state index contributed by atoms with van der Waals surface area (Å²) < 4.78 is 13.5. The third kappa shape index (κ3) is 2.86. The van der Waals surface area contributed by atoms with E-state index >= 15 is 0 Å². The maximum atomic E-state index is 13.5. The van der Waals surface area contributed by atoms with Crippen molar-refractivity contribution in [2.75, 3.05) is 11.9 Å². The number of benzene rings is 1. The van der Waals surface area contributed by atoms with Gasteiger partial charge in [0.25, 0.3) is 0 Å². The molecule has 5 heteroatoms. The van der Waals surface area contributed by atoms with Crippen LogP contribution in [-0.4, -0.2) is 17.1 Å². The van der Waals surface area contributed by atoms with E-state index in [1.807, 2.05) is 18.0 Å². The first-order valence-corrected chi connectivity index (χ1v) is 6.48. The van der Waals surface area contributed by atoms with Gasteiger partial charge in [-0.3, -0.25) is 0 Å². The van der Waals surface area contributed by atoms with Gasteiger partial charge in [-0.25, -0.2) is 9.37 Å².